The van der Waals surface area contributed by atoms with Gasteiger partial charge in [-0.15, -0.1) is 11.3 Å². The summed E-state index contributed by atoms with van der Waals surface area (Å²) in [4.78, 5) is 5.51. The molecule has 1 unspecified atom stereocenters. The maximum absolute atomic E-state index is 5.72. The summed E-state index contributed by atoms with van der Waals surface area (Å²) in [6.45, 7) is 7.50. The SMILES string of the molecule is CC(C)(C)C(CCN)CCc1nc(-c2ccc(Br)s2)no1. The molecule has 0 aliphatic carbocycles. The molecule has 0 radical (unpaired) electrons. The van der Waals surface area contributed by atoms with E-state index in [4.69, 9.17) is 10.3 Å². The molecular formula is C15H22BrN3OS. The van der Waals surface area contributed by atoms with E-state index in [0.717, 1.165) is 34.5 Å². The van der Waals surface area contributed by atoms with Gasteiger partial charge in [0.25, 0.3) is 0 Å². The van der Waals surface area contributed by atoms with Crippen molar-refractivity contribution in [3.63, 3.8) is 0 Å². The standard InChI is InChI=1S/C15H22BrN3OS/c1-15(2,3)10(8-9-17)4-7-13-18-14(19-20-13)11-5-6-12(16)21-11/h5-6,10H,4,7-9,17H2,1-3H3. The van der Waals surface area contributed by atoms with E-state index in [0.29, 0.717) is 17.6 Å². The molecule has 6 heteroatoms. The summed E-state index contributed by atoms with van der Waals surface area (Å²) >= 11 is 5.05. The van der Waals surface area contributed by atoms with Crippen LogP contribution in [0.2, 0.25) is 0 Å². The van der Waals surface area contributed by atoms with Crippen LogP contribution < -0.4 is 5.73 Å². The van der Waals surface area contributed by atoms with Crippen LogP contribution in [0.25, 0.3) is 10.7 Å². The first-order chi connectivity index (χ1) is 9.90. The summed E-state index contributed by atoms with van der Waals surface area (Å²) in [6, 6.07) is 3.99. The van der Waals surface area contributed by atoms with Crippen molar-refractivity contribution in [1.29, 1.82) is 0 Å². The number of rotatable bonds is 6. The van der Waals surface area contributed by atoms with E-state index in [1.165, 1.54) is 0 Å². The highest BCUT2D eigenvalue weighted by molar-refractivity contribution is 9.11. The highest BCUT2D eigenvalue weighted by Gasteiger charge is 2.24. The van der Waals surface area contributed by atoms with Gasteiger partial charge in [0.05, 0.1) is 8.66 Å². The van der Waals surface area contributed by atoms with Crippen LogP contribution in [-0.2, 0) is 6.42 Å². The minimum atomic E-state index is 0.251. The Kier molecular flexibility index (Phi) is 5.57. The third-order valence-corrected chi connectivity index (χ3v) is 5.33. The van der Waals surface area contributed by atoms with E-state index in [1.807, 2.05) is 12.1 Å². The maximum Gasteiger partial charge on any atom is 0.226 e. The first-order valence-corrected chi connectivity index (χ1v) is 8.79. The number of hydrogen-bond acceptors (Lipinski definition) is 5. The van der Waals surface area contributed by atoms with Gasteiger partial charge in [-0.25, -0.2) is 0 Å². The van der Waals surface area contributed by atoms with Crippen LogP contribution in [0.4, 0.5) is 0 Å². The smallest absolute Gasteiger partial charge is 0.226 e. The Balaban J connectivity index is 1.99. The molecule has 0 fully saturated rings. The molecule has 1 atom stereocenters. The van der Waals surface area contributed by atoms with Crippen molar-refractivity contribution in [2.75, 3.05) is 6.54 Å². The van der Waals surface area contributed by atoms with Gasteiger partial charge in [-0.3, -0.25) is 0 Å². The lowest BCUT2D eigenvalue weighted by Crippen LogP contribution is -2.24. The molecule has 0 saturated heterocycles. The summed E-state index contributed by atoms with van der Waals surface area (Å²) in [6.07, 6.45) is 2.86. The molecule has 4 nitrogen and oxygen atoms in total. The third-order valence-electron chi connectivity index (χ3n) is 3.71. The van der Waals surface area contributed by atoms with E-state index in [-0.39, 0.29) is 5.41 Å². The molecule has 2 aromatic rings. The van der Waals surface area contributed by atoms with Crippen molar-refractivity contribution < 1.29 is 4.52 Å². The normalized spacial score (nSPS) is 13.6. The van der Waals surface area contributed by atoms with Gasteiger partial charge in [0.1, 0.15) is 0 Å². The largest absolute Gasteiger partial charge is 0.339 e. The van der Waals surface area contributed by atoms with Gasteiger partial charge in [-0.2, -0.15) is 4.98 Å². The monoisotopic (exact) mass is 371 g/mol. The summed E-state index contributed by atoms with van der Waals surface area (Å²) in [5, 5.41) is 4.06. The number of thiophene rings is 1. The molecule has 0 saturated carbocycles. The minimum absolute atomic E-state index is 0.251. The predicted molar refractivity (Wildman–Crippen MR) is 90.2 cm³/mol. The first-order valence-electron chi connectivity index (χ1n) is 7.18. The number of nitrogens with two attached hydrogens (primary N) is 1. The van der Waals surface area contributed by atoms with Crippen molar-refractivity contribution in [2.45, 2.75) is 40.0 Å². The first kappa shape index (κ1) is 16.6. The zero-order valence-corrected chi connectivity index (χ0v) is 15.1. The van der Waals surface area contributed by atoms with Crippen LogP contribution in [-0.4, -0.2) is 16.7 Å². The molecular weight excluding hydrogens is 350 g/mol. The molecule has 21 heavy (non-hydrogen) atoms. The molecule has 0 aliphatic heterocycles. The van der Waals surface area contributed by atoms with Gasteiger partial charge in [0, 0.05) is 6.42 Å². The molecule has 116 valence electrons. The van der Waals surface area contributed by atoms with Crippen LogP contribution in [0.5, 0.6) is 0 Å². The Labute approximate surface area is 138 Å². The lowest BCUT2D eigenvalue weighted by molar-refractivity contribution is 0.208. The lowest BCUT2D eigenvalue weighted by Gasteiger charge is -2.30. The summed E-state index contributed by atoms with van der Waals surface area (Å²) in [5.41, 5.74) is 5.97. The van der Waals surface area contributed by atoms with E-state index >= 15 is 0 Å². The quantitative estimate of drug-likeness (QED) is 0.811. The van der Waals surface area contributed by atoms with Crippen molar-refractivity contribution in [3.05, 3.63) is 21.8 Å². The number of halogens is 1. The van der Waals surface area contributed by atoms with Gasteiger partial charge in [0.2, 0.25) is 11.7 Å². The summed E-state index contributed by atoms with van der Waals surface area (Å²) in [7, 11) is 0. The highest BCUT2D eigenvalue weighted by Crippen LogP contribution is 2.33. The zero-order valence-electron chi connectivity index (χ0n) is 12.7. The van der Waals surface area contributed by atoms with Crippen molar-refractivity contribution in [2.24, 2.45) is 17.1 Å². The maximum atomic E-state index is 5.72. The van der Waals surface area contributed by atoms with Crippen molar-refractivity contribution in [3.8, 4) is 10.7 Å². The molecule has 0 aromatic carbocycles. The fraction of sp³-hybridized carbons (Fsp3) is 0.600. The fourth-order valence-corrected chi connectivity index (χ4v) is 3.71. The number of hydrogen-bond donors (Lipinski definition) is 1. The van der Waals surface area contributed by atoms with Crippen molar-refractivity contribution >= 4 is 27.3 Å². The number of aryl methyl sites for hydroxylation is 1. The van der Waals surface area contributed by atoms with E-state index in [1.54, 1.807) is 11.3 Å². The number of aromatic nitrogens is 2. The summed E-state index contributed by atoms with van der Waals surface area (Å²) < 4.78 is 6.44. The van der Waals surface area contributed by atoms with E-state index in [2.05, 4.69) is 46.8 Å². The molecule has 0 amide bonds. The molecule has 2 heterocycles. The van der Waals surface area contributed by atoms with Crippen LogP contribution in [0, 0.1) is 11.3 Å². The van der Waals surface area contributed by atoms with Crippen molar-refractivity contribution in [1.82, 2.24) is 10.1 Å². The molecule has 0 spiro atoms. The minimum Gasteiger partial charge on any atom is -0.339 e. The Morgan fingerprint density at radius 3 is 2.67 bits per heavy atom. The average molecular weight is 372 g/mol. The highest BCUT2D eigenvalue weighted by atomic mass is 79.9. The predicted octanol–water partition coefficient (Wildman–Crippen LogP) is 4.50. The lowest BCUT2D eigenvalue weighted by atomic mass is 9.76. The van der Waals surface area contributed by atoms with Gasteiger partial charge in [-0.05, 0) is 58.8 Å². The Morgan fingerprint density at radius 1 is 1.33 bits per heavy atom. The van der Waals surface area contributed by atoms with Crippen LogP contribution >= 0.6 is 27.3 Å². The van der Waals surface area contributed by atoms with Gasteiger partial charge < -0.3 is 10.3 Å². The third kappa shape index (κ3) is 4.63. The molecule has 2 N–H and O–H groups in total. The Hall–Kier alpha value is -0.720. The second-order valence-corrected chi connectivity index (χ2v) is 8.76. The second kappa shape index (κ2) is 7.03. The molecule has 2 aromatic heterocycles. The fourth-order valence-electron chi connectivity index (χ4n) is 2.40. The average Bonchev–Trinajstić information content (AvgIpc) is 3.01. The molecule has 0 bridgehead atoms. The Bertz CT molecular complexity index is 573. The van der Waals surface area contributed by atoms with Crippen LogP contribution in [0.3, 0.4) is 0 Å². The second-order valence-electron chi connectivity index (χ2n) is 6.29. The van der Waals surface area contributed by atoms with Crippen LogP contribution in [0.1, 0.15) is 39.5 Å². The van der Waals surface area contributed by atoms with Gasteiger partial charge >= 0.3 is 0 Å². The summed E-state index contributed by atoms with van der Waals surface area (Å²) in [5.74, 6) is 1.95. The van der Waals surface area contributed by atoms with E-state index < -0.39 is 0 Å². The van der Waals surface area contributed by atoms with E-state index in [9.17, 15) is 0 Å². The number of nitrogens with zero attached hydrogens (tertiary/aromatic N) is 2. The Morgan fingerprint density at radius 2 is 2.10 bits per heavy atom. The zero-order chi connectivity index (χ0) is 15.5. The molecule has 2 rings (SSSR count). The van der Waals surface area contributed by atoms with Crippen LogP contribution in [0.15, 0.2) is 20.4 Å². The van der Waals surface area contributed by atoms with Gasteiger partial charge in [-0.1, -0.05) is 25.9 Å². The molecule has 0 aliphatic rings. The van der Waals surface area contributed by atoms with Gasteiger partial charge in [0.15, 0.2) is 0 Å². The topological polar surface area (TPSA) is 64.9 Å².